The monoisotopic (exact) mass is 653 g/mol. The molecular formula is C31H35N5O7S2. The SMILES string of the molecule is O=C(CCCC[C@@H]1SC[C@@H]2NC(=O)N[C@@H]21)NC[C@@H](C(=O)NCCC(=O)N1Cc2ccccc2C#Cc2ccccc21)S(=O)(=O)O. The van der Waals surface area contributed by atoms with Gasteiger partial charge in [-0.2, -0.15) is 20.2 Å². The number of hydrogen-bond acceptors (Lipinski definition) is 7. The number of benzene rings is 2. The van der Waals surface area contributed by atoms with Crippen molar-refractivity contribution in [1.29, 1.82) is 0 Å². The molecule has 14 heteroatoms. The summed E-state index contributed by atoms with van der Waals surface area (Å²) in [7, 11) is -4.84. The summed E-state index contributed by atoms with van der Waals surface area (Å²) in [6.45, 7) is -0.518. The lowest BCUT2D eigenvalue weighted by atomic mass is 10.0. The summed E-state index contributed by atoms with van der Waals surface area (Å²) in [5.41, 5.74) is 2.98. The van der Waals surface area contributed by atoms with Gasteiger partial charge < -0.3 is 26.2 Å². The number of para-hydroxylation sites is 1. The fourth-order valence-corrected chi connectivity index (χ4v) is 7.84. The number of fused-ring (bicyclic) bond motifs is 3. The van der Waals surface area contributed by atoms with E-state index in [1.54, 1.807) is 28.8 Å². The number of carbonyl (C=O) groups is 4. The van der Waals surface area contributed by atoms with E-state index in [-0.39, 0.29) is 55.2 Å². The number of rotatable bonds is 12. The molecule has 0 spiro atoms. The second-order valence-corrected chi connectivity index (χ2v) is 14.0. The first-order valence-corrected chi connectivity index (χ1v) is 17.3. The largest absolute Gasteiger partial charge is 0.354 e. The molecule has 2 saturated heterocycles. The lowest BCUT2D eigenvalue weighted by Gasteiger charge is -2.26. The van der Waals surface area contributed by atoms with Crippen LogP contribution in [0.2, 0.25) is 0 Å². The molecule has 0 aromatic heterocycles. The smallest absolute Gasteiger partial charge is 0.315 e. The summed E-state index contributed by atoms with van der Waals surface area (Å²) in [6, 6.07) is 14.8. The van der Waals surface area contributed by atoms with Gasteiger partial charge in [0.05, 0.1) is 24.3 Å². The van der Waals surface area contributed by atoms with Crippen molar-refractivity contribution in [2.24, 2.45) is 0 Å². The highest BCUT2D eigenvalue weighted by Gasteiger charge is 2.42. The Hall–Kier alpha value is -4.06. The van der Waals surface area contributed by atoms with Gasteiger partial charge in [0, 0.05) is 48.1 Å². The number of nitrogens with one attached hydrogen (secondary N) is 4. The molecule has 5 N–H and O–H groups in total. The summed E-state index contributed by atoms with van der Waals surface area (Å²) < 4.78 is 33.7. The van der Waals surface area contributed by atoms with Crippen molar-refractivity contribution >= 4 is 51.3 Å². The van der Waals surface area contributed by atoms with Crippen LogP contribution in [0, 0.1) is 11.8 Å². The third-order valence-corrected chi connectivity index (χ3v) is 10.6. The maximum Gasteiger partial charge on any atom is 0.315 e. The molecule has 5 rings (SSSR count). The van der Waals surface area contributed by atoms with Crippen molar-refractivity contribution in [3.05, 3.63) is 65.2 Å². The second kappa shape index (κ2) is 14.4. The van der Waals surface area contributed by atoms with Gasteiger partial charge in [-0.25, -0.2) is 4.79 Å². The van der Waals surface area contributed by atoms with Crippen LogP contribution in [0.25, 0.3) is 0 Å². The number of amides is 5. The lowest BCUT2D eigenvalue weighted by molar-refractivity contribution is -0.122. The number of hydrogen-bond donors (Lipinski definition) is 5. The van der Waals surface area contributed by atoms with Crippen LogP contribution in [0.5, 0.6) is 0 Å². The van der Waals surface area contributed by atoms with Gasteiger partial charge in [-0.1, -0.05) is 48.6 Å². The molecule has 12 nitrogen and oxygen atoms in total. The molecule has 0 aliphatic carbocycles. The zero-order chi connectivity index (χ0) is 32.0. The highest BCUT2D eigenvalue weighted by atomic mass is 32.2. The van der Waals surface area contributed by atoms with E-state index < -0.39 is 33.7 Å². The predicted molar refractivity (Wildman–Crippen MR) is 170 cm³/mol. The molecule has 0 bridgehead atoms. The number of nitrogens with zero attached hydrogens (tertiary/aromatic N) is 1. The summed E-state index contributed by atoms with van der Waals surface area (Å²) in [5.74, 6) is 5.33. The number of thioether (sulfide) groups is 1. The predicted octanol–water partition coefficient (Wildman–Crippen LogP) is 1.54. The van der Waals surface area contributed by atoms with E-state index in [9.17, 15) is 32.1 Å². The minimum atomic E-state index is -4.84. The van der Waals surface area contributed by atoms with Crippen LogP contribution >= 0.6 is 11.8 Å². The standard InChI is InChI=1S/C31H35N5O7S2/c37-27(12-6-5-11-25-29-23(19-44-25)34-31(40)35-29)33-17-26(45(41,42)43)30(39)32-16-15-28(38)36-18-22-9-2-1-7-20(22)13-14-21-8-3-4-10-24(21)36/h1-4,7-10,23,25-26,29H,5-6,11-12,15-19H2,(H,32,39)(H,33,37)(H2,34,35,40)(H,41,42,43)/t23-,25-,26-,29-/m0/s1. The summed E-state index contributed by atoms with van der Waals surface area (Å²) in [5, 5.41) is 9.00. The van der Waals surface area contributed by atoms with Crippen LogP contribution in [-0.4, -0.2) is 78.1 Å². The molecular weight excluding hydrogens is 619 g/mol. The Bertz CT molecular complexity index is 1640. The Labute approximate surface area is 266 Å². The molecule has 2 aromatic rings. The minimum absolute atomic E-state index is 0.0800. The van der Waals surface area contributed by atoms with E-state index in [2.05, 4.69) is 33.1 Å². The average Bonchev–Trinajstić information content (AvgIpc) is 3.55. The van der Waals surface area contributed by atoms with Gasteiger partial charge in [-0.3, -0.25) is 18.9 Å². The lowest BCUT2D eigenvalue weighted by Crippen LogP contribution is -2.47. The van der Waals surface area contributed by atoms with E-state index in [4.69, 9.17) is 0 Å². The van der Waals surface area contributed by atoms with Crippen LogP contribution in [-0.2, 0) is 31.0 Å². The van der Waals surface area contributed by atoms with Gasteiger partial charge in [0.15, 0.2) is 5.25 Å². The maximum absolute atomic E-state index is 13.4. The van der Waals surface area contributed by atoms with E-state index in [0.717, 1.165) is 29.7 Å². The Kier molecular flexibility index (Phi) is 10.3. The zero-order valence-corrected chi connectivity index (χ0v) is 26.1. The van der Waals surface area contributed by atoms with Crippen molar-refractivity contribution in [2.75, 3.05) is 23.7 Å². The molecule has 238 valence electrons. The van der Waals surface area contributed by atoms with Gasteiger partial charge in [0.2, 0.25) is 17.7 Å². The van der Waals surface area contributed by atoms with Crippen LogP contribution in [0.4, 0.5) is 10.5 Å². The van der Waals surface area contributed by atoms with Crippen molar-refractivity contribution in [1.82, 2.24) is 21.3 Å². The number of unbranched alkanes of at least 4 members (excludes halogenated alkanes) is 1. The molecule has 0 saturated carbocycles. The van der Waals surface area contributed by atoms with Gasteiger partial charge in [-0.05, 0) is 36.6 Å². The first kappa shape index (κ1) is 32.3. The molecule has 4 atom stereocenters. The van der Waals surface area contributed by atoms with Gasteiger partial charge in [0.25, 0.3) is 10.1 Å². The maximum atomic E-state index is 13.4. The highest BCUT2D eigenvalue weighted by molar-refractivity contribution is 8.00. The van der Waals surface area contributed by atoms with E-state index in [0.29, 0.717) is 17.7 Å². The molecule has 3 aliphatic heterocycles. The Balaban J connectivity index is 1.09. The van der Waals surface area contributed by atoms with Crippen molar-refractivity contribution < 1.29 is 32.1 Å². The molecule has 5 amide bonds. The first-order chi connectivity index (χ1) is 21.6. The van der Waals surface area contributed by atoms with E-state index in [1.807, 2.05) is 36.4 Å². The molecule has 2 aromatic carbocycles. The van der Waals surface area contributed by atoms with Gasteiger partial charge >= 0.3 is 6.03 Å². The molecule has 0 unspecified atom stereocenters. The van der Waals surface area contributed by atoms with Crippen LogP contribution in [0.1, 0.15) is 48.8 Å². The van der Waals surface area contributed by atoms with Crippen LogP contribution in [0.15, 0.2) is 48.5 Å². The highest BCUT2D eigenvalue weighted by Crippen LogP contribution is 2.33. The second-order valence-electron chi connectivity index (χ2n) is 11.1. The molecule has 45 heavy (non-hydrogen) atoms. The first-order valence-electron chi connectivity index (χ1n) is 14.8. The normalized spacial score (nSPS) is 20.5. The molecule has 0 radical (unpaired) electrons. The number of urea groups is 1. The van der Waals surface area contributed by atoms with Crippen molar-refractivity contribution in [2.45, 2.75) is 61.2 Å². The van der Waals surface area contributed by atoms with Gasteiger partial charge in [0.1, 0.15) is 0 Å². The van der Waals surface area contributed by atoms with Crippen molar-refractivity contribution in [3.63, 3.8) is 0 Å². The fourth-order valence-electron chi connectivity index (χ4n) is 5.65. The van der Waals surface area contributed by atoms with Crippen molar-refractivity contribution in [3.8, 4) is 11.8 Å². The Morgan fingerprint density at radius 3 is 2.53 bits per heavy atom. The van der Waals surface area contributed by atoms with E-state index in [1.165, 1.54) is 0 Å². The quantitative estimate of drug-likeness (QED) is 0.0993. The zero-order valence-electron chi connectivity index (χ0n) is 24.5. The number of carbonyl (C=O) groups excluding carboxylic acids is 4. The third kappa shape index (κ3) is 8.16. The third-order valence-electron chi connectivity index (χ3n) is 8.03. The minimum Gasteiger partial charge on any atom is -0.354 e. The fraction of sp³-hybridized carbons (Fsp3) is 0.419. The Morgan fingerprint density at radius 1 is 1.00 bits per heavy atom. The average molecular weight is 654 g/mol. The van der Waals surface area contributed by atoms with Crippen LogP contribution in [0.3, 0.4) is 0 Å². The Morgan fingerprint density at radius 2 is 1.73 bits per heavy atom. The topological polar surface area (TPSA) is 174 Å². The number of anilines is 1. The molecule has 2 fully saturated rings. The van der Waals surface area contributed by atoms with E-state index >= 15 is 0 Å². The molecule has 3 aliphatic rings. The summed E-state index contributed by atoms with van der Waals surface area (Å²) >= 11 is 1.78. The van der Waals surface area contributed by atoms with Crippen LogP contribution < -0.4 is 26.2 Å². The summed E-state index contributed by atoms with van der Waals surface area (Å²) in [6.07, 6.45) is 2.08. The summed E-state index contributed by atoms with van der Waals surface area (Å²) in [4.78, 5) is 51.6. The van der Waals surface area contributed by atoms with Gasteiger partial charge in [-0.15, -0.1) is 0 Å². The molecule has 3 heterocycles.